The number of methoxy groups -OCH3 is 1. The molecule has 1 fully saturated rings. The number of aromatic nitrogens is 2. The maximum absolute atomic E-state index is 14.7. The molecule has 7 rings (SSSR count). The summed E-state index contributed by atoms with van der Waals surface area (Å²) in [6.07, 6.45) is 12.4. The van der Waals surface area contributed by atoms with Crippen molar-refractivity contribution in [3.8, 4) is 11.6 Å². The molecule has 3 aromatic rings. The number of alkyl halides is 1. The highest BCUT2D eigenvalue weighted by molar-refractivity contribution is 14.1. The van der Waals surface area contributed by atoms with E-state index in [9.17, 15) is 13.8 Å². The molecule has 290 valence electrons. The van der Waals surface area contributed by atoms with Crippen LogP contribution in [0, 0.1) is 17.8 Å². The van der Waals surface area contributed by atoms with Gasteiger partial charge in [0.05, 0.1) is 31.3 Å². The molecule has 1 saturated carbocycles. The van der Waals surface area contributed by atoms with Crippen LogP contribution >= 0.6 is 34.2 Å². The lowest BCUT2D eigenvalue weighted by Gasteiger charge is -2.46. The Kier molecular flexibility index (Phi) is 12.0. The van der Waals surface area contributed by atoms with Crippen LogP contribution in [0.15, 0.2) is 59.1 Å². The molecule has 11 nitrogen and oxygen atoms in total. The maximum atomic E-state index is 14.7. The summed E-state index contributed by atoms with van der Waals surface area (Å²) in [5.74, 6) is -0.0678. The molecule has 1 N–H and O–H groups in total. The van der Waals surface area contributed by atoms with Gasteiger partial charge in [0.1, 0.15) is 21.2 Å². The van der Waals surface area contributed by atoms with Gasteiger partial charge in [0.25, 0.3) is 11.8 Å². The number of rotatable bonds is 7. The molecule has 14 heteroatoms. The highest BCUT2D eigenvalue weighted by Crippen LogP contribution is 2.47. The Morgan fingerprint density at radius 1 is 1.22 bits per heavy atom. The number of hydrogen-bond donors (Lipinski definition) is 1. The minimum Gasteiger partial charge on any atom is -0.490 e. The molecule has 1 aromatic heterocycles. The van der Waals surface area contributed by atoms with Gasteiger partial charge in [-0.3, -0.25) is 19.0 Å². The molecular weight excluding hydrogens is 841 g/mol. The second kappa shape index (κ2) is 16.5. The van der Waals surface area contributed by atoms with Crippen molar-refractivity contribution in [1.82, 2.24) is 14.5 Å². The van der Waals surface area contributed by atoms with E-state index in [0.717, 1.165) is 60.2 Å². The van der Waals surface area contributed by atoms with Crippen LogP contribution in [0.5, 0.6) is 11.6 Å². The van der Waals surface area contributed by atoms with Crippen LogP contribution in [-0.4, -0.2) is 75.5 Å². The first-order chi connectivity index (χ1) is 26.0. The normalized spacial score (nSPS) is 28.8. The third-order valence-electron chi connectivity index (χ3n) is 11.3. The van der Waals surface area contributed by atoms with Crippen LogP contribution in [0.2, 0.25) is 5.02 Å². The monoisotopic (exact) mass is 889 g/mol. The fourth-order valence-corrected chi connectivity index (χ4v) is 10.9. The Labute approximate surface area is 337 Å². The molecule has 1 unspecified atom stereocenters. The fraction of sp³-hybridized carbons (Fsp3) is 0.525. The first-order valence-corrected chi connectivity index (χ1v) is 22.4. The number of aryl methyl sites for hydroxylation is 2. The summed E-state index contributed by atoms with van der Waals surface area (Å²) in [7, 11) is -0.535. The molecule has 3 heterocycles. The average Bonchev–Trinajstić information content (AvgIpc) is 3.44. The maximum Gasteiger partial charge on any atom is 0.286 e. The van der Waals surface area contributed by atoms with Crippen LogP contribution < -0.4 is 19.1 Å². The number of anilines is 1. The zero-order chi connectivity index (χ0) is 38.0. The second-order valence-electron chi connectivity index (χ2n) is 15.3. The van der Waals surface area contributed by atoms with Crippen LogP contribution in [0.3, 0.4) is 0 Å². The lowest BCUT2D eigenvalue weighted by molar-refractivity contribution is -0.0133. The summed E-state index contributed by atoms with van der Waals surface area (Å²) < 4.78 is 42.6. The summed E-state index contributed by atoms with van der Waals surface area (Å²) in [5.41, 5.74) is 3.45. The summed E-state index contributed by atoms with van der Waals surface area (Å²) in [6.45, 7) is 4.61. The number of fused-ring (bicyclic) bond motifs is 4. The highest BCUT2D eigenvalue weighted by Gasteiger charge is 2.44. The Morgan fingerprint density at radius 3 is 2.85 bits per heavy atom. The first-order valence-electron chi connectivity index (χ1n) is 18.8. The van der Waals surface area contributed by atoms with Crippen LogP contribution in [0.25, 0.3) is 0 Å². The van der Waals surface area contributed by atoms with Crippen molar-refractivity contribution >= 4 is 61.6 Å². The van der Waals surface area contributed by atoms with Gasteiger partial charge in [0, 0.05) is 53.4 Å². The number of nitrogens with zero attached hydrogens (tertiary/aromatic N) is 4. The molecule has 2 aliphatic carbocycles. The van der Waals surface area contributed by atoms with E-state index in [4.69, 9.17) is 25.8 Å². The van der Waals surface area contributed by atoms with E-state index in [1.54, 1.807) is 13.1 Å². The molecule has 2 aliphatic heterocycles. The predicted molar refractivity (Wildman–Crippen MR) is 220 cm³/mol. The van der Waals surface area contributed by atoms with E-state index in [1.807, 2.05) is 25.1 Å². The third-order valence-corrected chi connectivity index (χ3v) is 14.3. The lowest BCUT2D eigenvalue weighted by Crippen LogP contribution is -2.49. The van der Waals surface area contributed by atoms with Gasteiger partial charge in [0.2, 0.25) is 5.88 Å². The number of carbonyl (C=O) groups excluding carboxylic acids is 2. The number of hydrogen-bond acceptors (Lipinski definition) is 8. The zero-order valence-electron chi connectivity index (χ0n) is 31.1. The van der Waals surface area contributed by atoms with Crippen molar-refractivity contribution in [2.45, 2.75) is 63.4 Å². The van der Waals surface area contributed by atoms with Gasteiger partial charge >= 0.3 is 0 Å². The van der Waals surface area contributed by atoms with Crippen molar-refractivity contribution in [3.63, 3.8) is 0 Å². The van der Waals surface area contributed by atoms with Crippen LogP contribution in [0.1, 0.15) is 77.3 Å². The Balaban J connectivity index is 1.30. The number of ether oxygens (including phenoxy) is 3. The Hall–Kier alpha value is -3.14. The van der Waals surface area contributed by atoms with Crippen molar-refractivity contribution in [2.75, 3.05) is 48.5 Å². The van der Waals surface area contributed by atoms with E-state index in [1.165, 1.54) is 29.1 Å². The smallest absolute Gasteiger partial charge is 0.286 e. The van der Waals surface area contributed by atoms with Crippen LogP contribution in [-0.2, 0) is 33.5 Å². The number of allylic oxidation sites excluding steroid dienone is 1. The fourth-order valence-electron chi connectivity index (χ4n) is 8.54. The molecule has 54 heavy (non-hydrogen) atoms. The van der Waals surface area contributed by atoms with Gasteiger partial charge in [-0.25, -0.2) is 4.21 Å². The van der Waals surface area contributed by atoms with E-state index < -0.39 is 21.7 Å². The van der Waals surface area contributed by atoms with Crippen molar-refractivity contribution < 1.29 is 28.0 Å². The van der Waals surface area contributed by atoms with Crippen LogP contribution in [0.4, 0.5) is 5.69 Å². The number of halogens is 2. The van der Waals surface area contributed by atoms with Crippen molar-refractivity contribution in [1.29, 1.82) is 0 Å². The molecule has 0 saturated heterocycles. The average molecular weight is 890 g/mol. The van der Waals surface area contributed by atoms with Gasteiger partial charge < -0.3 is 19.1 Å². The van der Waals surface area contributed by atoms with Gasteiger partial charge in [-0.05, 0) is 104 Å². The molecular formula is C40H49ClIN5O6S. The SMILES string of the molecule is COc1nn(C)cc1C(=O)NS1(=O)=NC(=O)c2ccc3c(c2)N(C[C@@H]2CC[C@H]2[C@@H](OCCCI)/C=C/C[C@H](C)C1)C[C@@]1(CCCc2cc(Cl)ccc21)CO3. The van der Waals surface area contributed by atoms with E-state index >= 15 is 0 Å². The van der Waals surface area contributed by atoms with Gasteiger partial charge in [0.15, 0.2) is 0 Å². The summed E-state index contributed by atoms with van der Waals surface area (Å²) in [6, 6.07) is 11.6. The quantitative estimate of drug-likeness (QED) is 0.113. The molecule has 6 atom stereocenters. The molecule has 0 radical (unpaired) electrons. The van der Waals surface area contributed by atoms with Crippen molar-refractivity contribution in [3.05, 3.63) is 82.0 Å². The predicted octanol–water partition coefficient (Wildman–Crippen LogP) is 7.34. The minimum absolute atomic E-state index is 0.0318. The third kappa shape index (κ3) is 8.34. The second-order valence-corrected chi connectivity index (χ2v) is 18.8. The zero-order valence-corrected chi connectivity index (χ0v) is 34.8. The largest absolute Gasteiger partial charge is 0.490 e. The summed E-state index contributed by atoms with van der Waals surface area (Å²) in [4.78, 5) is 30.1. The number of amides is 2. The minimum atomic E-state index is -3.61. The molecule has 1 spiro atoms. The standard InChI is InChI=1S/C40H49ClIN5O6S/c1-26-7-4-9-35(52-18-6-17-42)31-13-10-29(31)21-47-24-40(16-5-8-27-19-30(41)12-14-33(27)40)25-53-36-15-11-28(20-34(36)47)37(48)44-54(50,23-26)45-38(49)32-22-46(2)43-39(32)51-3/h4,9,11-12,14-15,19-20,22,26,29,31,35H,5-8,10,13,16-18,21,23-25H2,1-3H3,(H,44,45,48,49,50)/b9-4+/t26-,29-,31+,35-,40-,54?/m0/s1. The molecule has 2 bridgehead atoms. The number of carbonyl (C=O) groups is 2. The van der Waals surface area contributed by atoms with Gasteiger partial charge in [-0.2, -0.15) is 0 Å². The summed E-state index contributed by atoms with van der Waals surface area (Å²) >= 11 is 8.88. The van der Waals surface area contributed by atoms with E-state index in [-0.39, 0.29) is 40.2 Å². The highest BCUT2D eigenvalue weighted by atomic mass is 127. The van der Waals surface area contributed by atoms with Gasteiger partial charge in [-0.1, -0.05) is 59.3 Å². The Morgan fingerprint density at radius 2 is 2.07 bits per heavy atom. The van der Waals surface area contributed by atoms with E-state index in [0.29, 0.717) is 43.8 Å². The molecule has 2 aromatic carbocycles. The summed E-state index contributed by atoms with van der Waals surface area (Å²) in [5, 5.41) is 4.90. The van der Waals surface area contributed by atoms with E-state index in [2.05, 4.69) is 66.0 Å². The topological polar surface area (TPSA) is 124 Å². The molecule has 4 aliphatic rings. The number of benzene rings is 2. The molecule has 2 amide bonds. The Bertz CT molecular complexity index is 2050. The van der Waals surface area contributed by atoms with Crippen molar-refractivity contribution in [2.24, 2.45) is 29.2 Å². The van der Waals surface area contributed by atoms with Gasteiger partial charge in [-0.15, -0.1) is 9.46 Å². The number of nitrogens with one attached hydrogen (secondary N) is 1. The lowest BCUT2D eigenvalue weighted by atomic mass is 9.68. The first kappa shape index (κ1) is 39.1.